The molecule has 2 atom stereocenters. The van der Waals surface area contributed by atoms with Gasteiger partial charge in [0, 0.05) is 54.3 Å². The van der Waals surface area contributed by atoms with Crippen LogP contribution in [0.5, 0.6) is 0 Å². The zero-order chi connectivity index (χ0) is 33.7. The third-order valence-corrected chi connectivity index (χ3v) is 9.79. The second-order valence-electron chi connectivity index (χ2n) is 12.4. The fraction of sp³-hybridized carbons (Fsp3) is 0.343. The van der Waals surface area contributed by atoms with Gasteiger partial charge in [-0.1, -0.05) is 49.0 Å². The molecule has 3 aromatic heterocycles. The van der Waals surface area contributed by atoms with Crippen LogP contribution in [-0.4, -0.2) is 86.0 Å². The molecule has 13 heteroatoms. The Morgan fingerprint density at radius 2 is 1.94 bits per heavy atom. The third kappa shape index (κ3) is 4.98. The van der Waals surface area contributed by atoms with Crippen molar-refractivity contribution in [3.63, 3.8) is 0 Å². The molecule has 0 saturated carbocycles. The number of carbonyl (C=O) groups is 1. The lowest BCUT2D eigenvalue weighted by Gasteiger charge is -2.44. The summed E-state index contributed by atoms with van der Waals surface area (Å²) in [5, 5.41) is 30.3. The quantitative estimate of drug-likeness (QED) is 0.217. The van der Waals surface area contributed by atoms with Crippen molar-refractivity contribution in [1.82, 2.24) is 34.8 Å². The first kappa shape index (κ1) is 31.1. The standard InChI is InChI=1S/C35H32F2N10O/c1-4-44(3)25-18-45(19-25)34-32-33(47(43-42-32)24-12-14-46(35(48)20(2)36)23(15-24)11-13-38)27-17-40-30(29(37)31(27)41-34)26-10-6-8-21-7-5-9-22(16-39)28(21)26/h5-10,17,23-25H,2,4,11-12,14-15,18-19H2,1,3H3/t23-,24+/m1/s1. The molecule has 2 saturated heterocycles. The molecule has 0 bridgehead atoms. The number of nitriles is 2. The highest BCUT2D eigenvalue weighted by molar-refractivity contribution is 6.08. The molecule has 1 amide bonds. The maximum atomic E-state index is 16.9. The fourth-order valence-electron chi connectivity index (χ4n) is 7.05. The van der Waals surface area contributed by atoms with E-state index < -0.39 is 23.6 Å². The Hall–Kier alpha value is -5.53. The van der Waals surface area contributed by atoms with Crippen molar-refractivity contribution < 1.29 is 13.6 Å². The Labute approximate surface area is 275 Å². The average Bonchev–Trinajstić information content (AvgIpc) is 3.53. The Morgan fingerprint density at radius 1 is 1.17 bits per heavy atom. The number of rotatable bonds is 7. The van der Waals surface area contributed by atoms with Crippen LogP contribution in [0.3, 0.4) is 0 Å². The van der Waals surface area contributed by atoms with Gasteiger partial charge in [0.25, 0.3) is 5.91 Å². The van der Waals surface area contributed by atoms with Gasteiger partial charge in [-0.3, -0.25) is 9.78 Å². The number of benzene rings is 2. The Morgan fingerprint density at radius 3 is 2.65 bits per heavy atom. The highest BCUT2D eigenvalue weighted by Crippen LogP contribution is 2.40. The lowest BCUT2D eigenvalue weighted by molar-refractivity contribution is -0.132. The number of pyridine rings is 2. The van der Waals surface area contributed by atoms with Gasteiger partial charge < -0.3 is 14.7 Å². The van der Waals surface area contributed by atoms with E-state index >= 15 is 4.39 Å². The van der Waals surface area contributed by atoms with E-state index in [1.165, 1.54) is 4.90 Å². The van der Waals surface area contributed by atoms with Crippen LogP contribution in [0.15, 0.2) is 55.0 Å². The summed E-state index contributed by atoms with van der Waals surface area (Å²) >= 11 is 0. The maximum Gasteiger partial charge on any atom is 0.282 e. The van der Waals surface area contributed by atoms with Gasteiger partial charge in [-0.05, 0) is 37.9 Å². The number of likely N-dealkylation sites (N-methyl/N-ethyl adjacent to an activating group) is 1. The molecule has 5 aromatic rings. The molecule has 0 spiro atoms. The van der Waals surface area contributed by atoms with Gasteiger partial charge in [-0.2, -0.15) is 10.5 Å². The molecular weight excluding hydrogens is 614 g/mol. The van der Waals surface area contributed by atoms with Crippen LogP contribution in [0, 0.1) is 28.5 Å². The third-order valence-electron chi connectivity index (χ3n) is 9.79. The molecule has 2 aromatic carbocycles. The number of hydrogen-bond donors (Lipinski definition) is 0. The molecule has 7 rings (SSSR count). The molecule has 0 aliphatic carbocycles. The molecule has 0 radical (unpaired) electrons. The number of halogens is 2. The first-order valence-corrected chi connectivity index (χ1v) is 15.9. The molecule has 0 N–H and O–H groups in total. The molecule has 2 fully saturated rings. The molecule has 2 aliphatic heterocycles. The number of amides is 1. The molecule has 48 heavy (non-hydrogen) atoms. The number of piperidine rings is 1. The van der Waals surface area contributed by atoms with Gasteiger partial charge >= 0.3 is 0 Å². The Kier molecular flexibility index (Phi) is 7.93. The smallest absolute Gasteiger partial charge is 0.282 e. The average molecular weight is 647 g/mol. The number of fused-ring (bicyclic) bond motifs is 4. The molecular formula is C35H32F2N10O. The van der Waals surface area contributed by atoms with Crippen LogP contribution >= 0.6 is 0 Å². The molecule has 5 heterocycles. The second kappa shape index (κ2) is 12.2. The highest BCUT2D eigenvalue weighted by Gasteiger charge is 2.37. The largest absolute Gasteiger partial charge is 0.351 e. The van der Waals surface area contributed by atoms with Crippen LogP contribution in [-0.2, 0) is 4.79 Å². The van der Waals surface area contributed by atoms with Crippen LogP contribution in [0.1, 0.15) is 37.8 Å². The highest BCUT2D eigenvalue weighted by atomic mass is 19.1. The van der Waals surface area contributed by atoms with Gasteiger partial charge in [-0.15, -0.1) is 5.10 Å². The van der Waals surface area contributed by atoms with Crippen molar-refractivity contribution in [3.8, 4) is 23.4 Å². The van der Waals surface area contributed by atoms with Gasteiger partial charge in [0.2, 0.25) is 0 Å². The van der Waals surface area contributed by atoms with Crippen LogP contribution in [0.25, 0.3) is 44.0 Å². The number of aromatic nitrogens is 5. The van der Waals surface area contributed by atoms with E-state index in [9.17, 15) is 19.7 Å². The maximum absolute atomic E-state index is 16.9. The Balaban J connectivity index is 1.40. The van der Waals surface area contributed by atoms with Crippen molar-refractivity contribution in [1.29, 1.82) is 10.5 Å². The first-order chi connectivity index (χ1) is 23.2. The van der Waals surface area contributed by atoms with Crippen LogP contribution < -0.4 is 4.90 Å². The summed E-state index contributed by atoms with van der Waals surface area (Å²) in [6.45, 7) is 7.67. The summed E-state index contributed by atoms with van der Waals surface area (Å²) < 4.78 is 32.5. The number of likely N-dealkylation sites (tertiary alicyclic amines) is 1. The van der Waals surface area contributed by atoms with E-state index in [0.717, 1.165) is 11.9 Å². The van der Waals surface area contributed by atoms with Crippen molar-refractivity contribution in [3.05, 3.63) is 66.4 Å². The van der Waals surface area contributed by atoms with Crippen LogP contribution in [0.4, 0.5) is 14.6 Å². The van der Waals surface area contributed by atoms with E-state index in [1.807, 2.05) is 18.2 Å². The number of anilines is 1. The lowest BCUT2D eigenvalue weighted by atomic mass is 9.94. The van der Waals surface area contributed by atoms with Gasteiger partial charge in [0.05, 0.1) is 30.2 Å². The van der Waals surface area contributed by atoms with Gasteiger partial charge in [-0.25, -0.2) is 18.4 Å². The minimum absolute atomic E-state index is 0.00504. The van der Waals surface area contributed by atoms with Crippen molar-refractivity contribution in [2.75, 3.05) is 38.1 Å². The number of nitrogens with zero attached hydrogens (tertiary/aromatic N) is 10. The van der Waals surface area contributed by atoms with E-state index in [0.29, 0.717) is 70.7 Å². The normalized spacial score (nSPS) is 18.3. The fourth-order valence-corrected chi connectivity index (χ4v) is 7.05. The van der Waals surface area contributed by atoms with Gasteiger partial charge in [0.1, 0.15) is 16.7 Å². The predicted octanol–water partition coefficient (Wildman–Crippen LogP) is 5.27. The van der Waals surface area contributed by atoms with Crippen LogP contribution in [0.2, 0.25) is 0 Å². The summed E-state index contributed by atoms with van der Waals surface area (Å²) in [6.07, 6.45) is 2.30. The Bertz CT molecular complexity index is 2190. The summed E-state index contributed by atoms with van der Waals surface area (Å²) in [6, 6.07) is 14.5. The van der Waals surface area contributed by atoms with Crippen molar-refractivity contribution in [2.24, 2.45) is 0 Å². The lowest BCUT2D eigenvalue weighted by Crippen LogP contribution is -2.58. The summed E-state index contributed by atoms with van der Waals surface area (Å²) in [7, 11) is 2.06. The minimum atomic E-state index is -1.07. The van der Waals surface area contributed by atoms with E-state index in [4.69, 9.17) is 4.98 Å². The summed E-state index contributed by atoms with van der Waals surface area (Å²) in [5.41, 5.74) is 2.12. The zero-order valence-electron chi connectivity index (χ0n) is 26.6. The van der Waals surface area contributed by atoms with Crippen molar-refractivity contribution >= 4 is 44.4 Å². The number of hydrogen-bond acceptors (Lipinski definition) is 9. The summed E-state index contributed by atoms with van der Waals surface area (Å²) in [4.78, 5) is 27.7. The topological polar surface area (TPSA) is 131 Å². The van der Waals surface area contributed by atoms with Crippen molar-refractivity contribution in [2.45, 2.75) is 44.3 Å². The molecule has 0 unspecified atom stereocenters. The zero-order valence-corrected chi connectivity index (χ0v) is 26.6. The molecule has 242 valence electrons. The van der Waals surface area contributed by atoms with E-state index in [-0.39, 0.29) is 30.2 Å². The predicted molar refractivity (Wildman–Crippen MR) is 177 cm³/mol. The first-order valence-electron chi connectivity index (χ1n) is 15.9. The second-order valence-corrected chi connectivity index (χ2v) is 12.4. The van der Waals surface area contributed by atoms with E-state index in [2.05, 4.69) is 57.8 Å². The SMILES string of the molecule is C=C(F)C(=O)N1CC[C@H](n2nnc3c(N4CC(N(C)CC)C4)nc4c(F)c(-c5cccc6cccc(C#N)c56)ncc4c32)C[C@H]1CC#N. The van der Waals surface area contributed by atoms with E-state index in [1.54, 1.807) is 29.1 Å². The number of carbonyl (C=O) groups excluding carboxylic acids is 1. The van der Waals surface area contributed by atoms with Gasteiger partial charge in [0.15, 0.2) is 23.0 Å². The summed E-state index contributed by atoms with van der Waals surface area (Å²) in [5.74, 6) is -2.02. The molecule has 2 aliphatic rings. The minimum Gasteiger partial charge on any atom is -0.351 e. The molecule has 11 nitrogen and oxygen atoms in total. The monoisotopic (exact) mass is 646 g/mol.